The summed E-state index contributed by atoms with van der Waals surface area (Å²) in [6.07, 6.45) is 86.4. The molecule has 1 amide bonds. The Kier molecular flexibility index (Phi) is 65.9. The minimum atomic E-state index is -0.850. The Morgan fingerprint density at radius 3 is 0.910 bits per heavy atom. The topological polar surface area (TPSA) is 95.9 Å². The molecule has 0 radical (unpaired) electrons. The van der Waals surface area contributed by atoms with E-state index in [1.165, 1.54) is 308 Å². The molecule has 6 heteroatoms. The van der Waals surface area contributed by atoms with E-state index in [1.807, 2.05) is 6.08 Å². The van der Waals surface area contributed by atoms with E-state index >= 15 is 0 Å². The van der Waals surface area contributed by atoms with Crippen molar-refractivity contribution in [3.05, 3.63) is 36.5 Å². The van der Waals surface area contributed by atoms with Crippen molar-refractivity contribution >= 4 is 11.9 Å². The maximum atomic E-state index is 12.5. The summed E-state index contributed by atoms with van der Waals surface area (Å²) in [6, 6.07) is -0.634. The highest BCUT2D eigenvalue weighted by molar-refractivity contribution is 5.76. The first-order valence-corrected chi connectivity index (χ1v) is 35.3. The van der Waals surface area contributed by atoms with Gasteiger partial charge < -0.3 is 20.3 Å². The zero-order chi connectivity index (χ0) is 56.4. The Balaban J connectivity index is 3.43. The van der Waals surface area contributed by atoms with Gasteiger partial charge in [-0.15, -0.1) is 0 Å². The van der Waals surface area contributed by atoms with Crippen LogP contribution in [0.3, 0.4) is 0 Å². The lowest BCUT2D eigenvalue weighted by Gasteiger charge is -2.20. The van der Waals surface area contributed by atoms with Gasteiger partial charge in [-0.3, -0.25) is 9.59 Å². The third-order valence-electron chi connectivity index (χ3n) is 16.4. The second-order valence-electron chi connectivity index (χ2n) is 24.2. The predicted octanol–water partition coefficient (Wildman–Crippen LogP) is 22.7. The van der Waals surface area contributed by atoms with Crippen LogP contribution in [0.4, 0.5) is 0 Å². The number of rotatable bonds is 66. The maximum absolute atomic E-state index is 12.5. The Bertz CT molecular complexity index is 1260. The Labute approximate surface area is 487 Å². The molecule has 0 aliphatic rings. The van der Waals surface area contributed by atoms with E-state index in [2.05, 4.69) is 43.5 Å². The lowest BCUT2D eigenvalue weighted by atomic mass is 10.0. The van der Waals surface area contributed by atoms with Gasteiger partial charge in [0.05, 0.1) is 25.4 Å². The first-order chi connectivity index (χ1) is 38.5. The highest BCUT2D eigenvalue weighted by Crippen LogP contribution is 2.18. The number of hydrogen-bond acceptors (Lipinski definition) is 5. The van der Waals surface area contributed by atoms with Crippen molar-refractivity contribution < 1.29 is 24.5 Å². The van der Waals surface area contributed by atoms with Crippen LogP contribution in [0.25, 0.3) is 0 Å². The molecular weight excluding hydrogens is 959 g/mol. The number of carbonyl (C=O) groups is 2. The summed E-state index contributed by atoms with van der Waals surface area (Å²) in [7, 11) is 0. The van der Waals surface area contributed by atoms with Crippen molar-refractivity contribution in [1.29, 1.82) is 0 Å². The molecule has 6 nitrogen and oxygen atoms in total. The monoisotopic (exact) mass is 1100 g/mol. The van der Waals surface area contributed by atoms with E-state index in [9.17, 15) is 19.8 Å². The number of esters is 1. The molecule has 2 unspecified atom stereocenters. The standard InChI is InChI=1S/C72H137NO5/c1-3-5-7-9-11-13-15-17-19-21-23-29-32-36-40-44-48-52-56-60-64-70(75)69(68-74)73-71(76)65-61-57-53-49-45-41-37-33-30-26-24-25-27-31-35-39-43-47-51-55-59-63-67-78-72(77)66-62-58-54-50-46-42-38-34-28-22-20-18-16-14-12-10-8-6-4-2/h18,20,26,30,60,64,69-70,74-75H,3-17,19,21-25,27-29,31-59,61-63,65-68H2,1-2H3,(H,73,76)/b20-18-,30-26-,64-60+. The van der Waals surface area contributed by atoms with Crippen molar-refractivity contribution in [3.8, 4) is 0 Å². The smallest absolute Gasteiger partial charge is 0.305 e. The number of nitrogens with one attached hydrogen (secondary N) is 1. The van der Waals surface area contributed by atoms with Crippen LogP contribution >= 0.6 is 0 Å². The van der Waals surface area contributed by atoms with Crippen molar-refractivity contribution in [3.63, 3.8) is 0 Å². The number of unbranched alkanes of at least 4 members (excludes halogenated alkanes) is 51. The minimum Gasteiger partial charge on any atom is -0.466 e. The minimum absolute atomic E-state index is 0.00955. The largest absolute Gasteiger partial charge is 0.466 e. The average molecular weight is 1100 g/mol. The zero-order valence-electron chi connectivity index (χ0n) is 52.7. The van der Waals surface area contributed by atoms with Gasteiger partial charge in [-0.25, -0.2) is 0 Å². The van der Waals surface area contributed by atoms with Gasteiger partial charge in [-0.1, -0.05) is 326 Å². The SMILES string of the molecule is CCCCCCCC/C=C\CCCCCCCCCCCC(=O)OCCCCCCCCCCCCC/C=C\CCCCCCCCCC(=O)NC(CO)C(O)/C=C/CCCCCCCCCCCCCCCCCCCC. The predicted molar refractivity (Wildman–Crippen MR) is 343 cm³/mol. The summed E-state index contributed by atoms with van der Waals surface area (Å²) in [5.74, 6) is -0.0623. The average Bonchev–Trinajstić information content (AvgIpc) is 3.44. The Morgan fingerprint density at radius 1 is 0.346 bits per heavy atom. The number of allylic oxidation sites excluding steroid dienone is 5. The molecule has 0 aliphatic carbocycles. The van der Waals surface area contributed by atoms with Crippen LogP contribution in [-0.4, -0.2) is 47.4 Å². The van der Waals surface area contributed by atoms with Gasteiger partial charge >= 0.3 is 5.97 Å². The summed E-state index contributed by atoms with van der Waals surface area (Å²) in [6.45, 7) is 4.93. The molecule has 0 saturated carbocycles. The van der Waals surface area contributed by atoms with Gasteiger partial charge in [0.15, 0.2) is 0 Å². The van der Waals surface area contributed by atoms with Gasteiger partial charge in [0, 0.05) is 12.8 Å². The quantitative estimate of drug-likeness (QED) is 0.0320. The lowest BCUT2D eigenvalue weighted by Crippen LogP contribution is -2.45. The molecule has 3 N–H and O–H groups in total. The molecule has 0 aliphatic heterocycles. The molecule has 460 valence electrons. The molecule has 78 heavy (non-hydrogen) atoms. The number of amides is 1. The van der Waals surface area contributed by atoms with Crippen molar-refractivity contribution in [1.82, 2.24) is 5.32 Å². The molecule has 2 atom stereocenters. The summed E-state index contributed by atoms with van der Waals surface area (Å²) in [5, 5.41) is 23.2. The second-order valence-corrected chi connectivity index (χ2v) is 24.2. The normalized spacial score (nSPS) is 12.7. The van der Waals surface area contributed by atoms with Gasteiger partial charge in [0.25, 0.3) is 0 Å². The zero-order valence-corrected chi connectivity index (χ0v) is 52.7. The third-order valence-corrected chi connectivity index (χ3v) is 16.4. The summed E-state index contributed by atoms with van der Waals surface area (Å²) in [4.78, 5) is 24.6. The fourth-order valence-corrected chi connectivity index (χ4v) is 11.0. The van der Waals surface area contributed by atoms with Crippen LogP contribution in [0.2, 0.25) is 0 Å². The van der Waals surface area contributed by atoms with Crippen molar-refractivity contribution in [2.45, 2.75) is 398 Å². The fraction of sp³-hybridized carbons (Fsp3) is 0.889. The molecule has 0 aromatic carbocycles. The summed E-state index contributed by atoms with van der Waals surface area (Å²) in [5.41, 5.74) is 0. The van der Waals surface area contributed by atoms with E-state index in [4.69, 9.17) is 4.74 Å². The van der Waals surface area contributed by atoms with E-state index in [1.54, 1.807) is 6.08 Å². The van der Waals surface area contributed by atoms with Gasteiger partial charge in [0.1, 0.15) is 0 Å². The van der Waals surface area contributed by atoms with Crippen molar-refractivity contribution in [2.75, 3.05) is 13.2 Å². The van der Waals surface area contributed by atoms with Crippen LogP contribution in [0, 0.1) is 0 Å². The first kappa shape index (κ1) is 76.1. The first-order valence-electron chi connectivity index (χ1n) is 35.3. The molecular formula is C72H137NO5. The van der Waals surface area contributed by atoms with E-state index in [0.717, 1.165) is 51.4 Å². The highest BCUT2D eigenvalue weighted by atomic mass is 16.5. The number of aliphatic hydroxyl groups excluding tert-OH is 2. The fourth-order valence-electron chi connectivity index (χ4n) is 11.0. The Hall–Kier alpha value is -1.92. The second kappa shape index (κ2) is 67.6. The molecule has 0 aromatic heterocycles. The molecule has 0 aromatic rings. The van der Waals surface area contributed by atoms with Gasteiger partial charge in [0.2, 0.25) is 5.91 Å². The molecule has 0 saturated heterocycles. The van der Waals surface area contributed by atoms with Crippen LogP contribution in [0.15, 0.2) is 36.5 Å². The number of ether oxygens (including phenoxy) is 1. The summed E-state index contributed by atoms with van der Waals surface area (Å²) >= 11 is 0. The van der Waals surface area contributed by atoms with E-state index < -0.39 is 12.1 Å². The van der Waals surface area contributed by atoms with E-state index in [0.29, 0.717) is 19.4 Å². The van der Waals surface area contributed by atoms with Crippen LogP contribution < -0.4 is 5.32 Å². The van der Waals surface area contributed by atoms with Crippen LogP contribution in [0.1, 0.15) is 386 Å². The lowest BCUT2D eigenvalue weighted by molar-refractivity contribution is -0.143. The molecule has 0 heterocycles. The van der Waals surface area contributed by atoms with E-state index in [-0.39, 0.29) is 18.5 Å². The van der Waals surface area contributed by atoms with Crippen molar-refractivity contribution in [2.24, 2.45) is 0 Å². The Morgan fingerprint density at radius 2 is 0.603 bits per heavy atom. The summed E-state index contributed by atoms with van der Waals surface area (Å²) < 4.78 is 5.50. The molecule has 0 fully saturated rings. The highest BCUT2D eigenvalue weighted by Gasteiger charge is 2.18. The molecule has 0 bridgehead atoms. The number of aliphatic hydroxyl groups is 2. The van der Waals surface area contributed by atoms with Gasteiger partial charge in [-0.2, -0.15) is 0 Å². The number of carbonyl (C=O) groups excluding carboxylic acids is 2. The van der Waals surface area contributed by atoms with Crippen LogP contribution in [0.5, 0.6) is 0 Å². The van der Waals surface area contributed by atoms with Gasteiger partial charge in [-0.05, 0) is 83.5 Å². The van der Waals surface area contributed by atoms with Crippen LogP contribution in [-0.2, 0) is 14.3 Å². The number of hydrogen-bond donors (Lipinski definition) is 3. The molecule has 0 spiro atoms. The third kappa shape index (κ3) is 63.3. The molecule has 0 rings (SSSR count). The maximum Gasteiger partial charge on any atom is 0.305 e.